The molecule has 6 nitrogen and oxygen atoms in total. The number of benzene rings is 1. The molecular weight excluding hydrogens is 258 g/mol. The van der Waals surface area contributed by atoms with Crippen LogP contribution in [-0.4, -0.2) is 33.2 Å². The van der Waals surface area contributed by atoms with E-state index in [2.05, 4.69) is 10.3 Å². The van der Waals surface area contributed by atoms with Crippen molar-refractivity contribution in [1.82, 2.24) is 14.9 Å². The molecular formula is C14H19N3O3. The van der Waals surface area contributed by atoms with E-state index in [0.717, 1.165) is 5.52 Å². The molecule has 0 aliphatic rings. The number of carbonyl (C=O) groups excluding carboxylic acids is 1. The first-order valence-electron chi connectivity index (χ1n) is 6.55. The molecule has 1 aromatic heterocycles. The lowest BCUT2D eigenvalue weighted by Gasteiger charge is -2.15. The van der Waals surface area contributed by atoms with Gasteiger partial charge in [-0.3, -0.25) is 9.36 Å². The van der Waals surface area contributed by atoms with E-state index < -0.39 is 6.10 Å². The number of aromatic nitrogens is 2. The van der Waals surface area contributed by atoms with Crippen molar-refractivity contribution in [3.63, 3.8) is 0 Å². The number of carbonyl (C=O) groups is 1. The van der Waals surface area contributed by atoms with Crippen LogP contribution in [-0.2, 0) is 7.05 Å². The number of imidazole rings is 1. The van der Waals surface area contributed by atoms with Gasteiger partial charge in [0.15, 0.2) is 0 Å². The van der Waals surface area contributed by atoms with Crippen LogP contribution >= 0.6 is 0 Å². The van der Waals surface area contributed by atoms with Crippen molar-refractivity contribution < 1.29 is 9.90 Å². The Bertz CT molecular complexity index is 685. The number of fused-ring (bicyclic) bond motifs is 1. The van der Waals surface area contributed by atoms with Gasteiger partial charge in [-0.15, -0.1) is 0 Å². The standard InChI is InChI=1S/C14H19N3O3/c1-8(2)12(18)7-15-13(19)9-4-5-11-10(6-9)16-14(20)17(11)3/h4-6,8,12,18H,7H2,1-3H3,(H,15,19)(H,16,20). The molecule has 3 N–H and O–H groups in total. The summed E-state index contributed by atoms with van der Waals surface area (Å²) >= 11 is 0. The predicted octanol–water partition coefficient (Wildman–Crippen LogP) is 0.613. The number of amides is 1. The van der Waals surface area contributed by atoms with Gasteiger partial charge in [0.25, 0.3) is 5.91 Å². The molecule has 0 aliphatic carbocycles. The highest BCUT2D eigenvalue weighted by atomic mass is 16.3. The van der Waals surface area contributed by atoms with Gasteiger partial charge in [-0.05, 0) is 24.1 Å². The van der Waals surface area contributed by atoms with Crippen LogP contribution in [0.2, 0.25) is 0 Å². The molecule has 0 saturated heterocycles. The number of aliphatic hydroxyl groups excluding tert-OH is 1. The lowest BCUT2D eigenvalue weighted by molar-refractivity contribution is 0.0871. The summed E-state index contributed by atoms with van der Waals surface area (Å²) in [5, 5.41) is 12.3. The van der Waals surface area contributed by atoms with E-state index in [4.69, 9.17) is 0 Å². The topological polar surface area (TPSA) is 87.1 Å². The van der Waals surface area contributed by atoms with E-state index in [1.165, 1.54) is 4.57 Å². The molecule has 0 saturated carbocycles. The second kappa shape index (κ2) is 5.50. The van der Waals surface area contributed by atoms with Crippen molar-refractivity contribution in [2.75, 3.05) is 6.54 Å². The Balaban J connectivity index is 2.17. The monoisotopic (exact) mass is 277 g/mol. The first-order chi connectivity index (χ1) is 9.40. The summed E-state index contributed by atoms with van der Waals surface area (Å²) in [6.45, 7) is 3.98. The van der Waals surface area contributed by atoms with Crippen LogP contribution in [0.15, 0.2) is 23.0 Å². The number of H-pyrrole nitrogens is 1. The maximum absolute atomic E-state index is 12.0. The van der Waals surface area contributed by atoms with Gasteiger partial charge in [0.1, 0.15) is 0 Å². The maximum atomic E-state index is 12.0. The number of aliphatic hydroxyl groups is 1. The van der Waals surface area contributed by atoms with Crippen molar-refractivity contribution in [1.29, 1.82) is 0 Å². The van der Waals surface area contributed by atoms with E-state index in [-0.39, 0.29) is 24.1 Å². The molecule has 6 heteroatoms. The Morgan fingerprint density at radius 2 is 2.15 bits per heavy atom. The minimum absolute atomic E-state index is 0.0864. The van der Waals surface area contributed by atoms with E-state index in [0.29, 0.717) is 11.1 Å². The molecule has 1 amide bonds. The molecule has 2 aromatic rings. The predicted molar refractivity (Wildman–Crippen MR) is 76.7 cm³/mol. The number of aromatic amines is 1. The highest BCUT2D eigenvalue weighted by Gasteiger charge is 2.13. The van der Waals surface area contributed by atoms with Crippen molar-refractivity contribution >= 4 is 16.9 Å². The highest BCUT2D eigenvalue weighted by molar-refractivity contribution is 5.97. The van der Waals surface area contributed by atoms with E-state index in [9.17, 15) is 14.7 Å². The second-order valence-electron chi connectivity index (χ2n) is 5.24. The molecule has 2 rings (SSSR count). The molecule has 1 atom stereocenters. The summed E-state index contributed by atoms with van der Waals surface area (Å²) < 4.78 is 1.49. The normalized spacial score (nSPS) is 12.8. The Morgan fingerprint density at radius 1 is 1.45 bits per heavy atom. The number of aryl methyl sites for hydroxylation is 1. The van der Waals surface area contributed by atoms with Crippen LogP contribution in [0.1, 0.15) is 24.2 Å². The number of nitrogens with zero attached hydrogens (tertiary/aromatic N) is 1. The number of rotatable bonds is 4. The summed E-state index contributed by atoms with van der Waals surface area (Å²) in [5.74, 6) is -0.181. The van der Waals surface area contributed by atoms with Crippen LogP contribution in [0.5, 0.6) is 0 Å². The fourth-order valence-corrected chi connectivity index (χ4v) is 1.91. The van der Waals surface area contributed by atoms with Gasteiger partial charge in [-0.25, -0.2) is 4.79 Å². The Labute approximate surface area is 116 Å². The van der Waals surface area contributed by atoms with Crippen LogP contribution in [0, 0.1) is 5.92 Å². The van der Waals surface area contributed by atoms with Gasteiger partial charge in [-0.1, -0.05) is 13.8 Å². The average molecular weight is 277 g/mol. The Kier molecular flexibility index (Phi) is 3.94. The number of hydrogen-bond donors (Lipinski definition) is 3. The molecule has 0 fully saturated rings. The van der Waals surface area contributed by atoms with Gasteiger partial charge in [-0.2, -0.15) is 0 Å². The lowest BCUT2D eigenvalue weighted by atomic mass is 10.1. The van der Waals surface area contributed by atoms with Crippen LogP contribution < -0.4 is 11.0 Å². The number of hydrogen-bond acceptors (Lipinski definition) is 3. The second-order valence-corrected chi connectivity index (χ2v) is 5.24. The third kappa shape index (κ3) is 2.75. The molecule has 108 valence electrons. The third-order valence-corrected chi connectivity index (χ3v) is 3.41. The van der Waals surface area contributed by atoms with Gasteiger partial charge >= 0.3 is 5.69 Å². The zero-order valence-electron chi connectivity index (χ0n) is 11.8. The zero-order chi connectivity index (χ0) is 14.9. The maximum Gasteiger partial charge on any atom is 0.326 e. The van der Waals surface area contributed by atoms with Gasteiger partial charge in [0.2, 0.25) is 0 Å². The van der Waals surface area contributed by atoms with Gasteiger partial charge in [0.05, 0.1) is 17.1 Å². The first-order valence-corrected chi connectivity index (χ1v) is 6.55. The van der Waals surface area contributed by atoms with Crippen LogP contribution in [0.4, 0.5) is 0 Å². The molecule has 1 unspecified atom stereocenters. The first kappa shape index (κ1) is 14.3. The minimum Gasteiger partial charge on any atom is -0.391 e. The molecule has 0 radical (unpaired) electrons. The molecule has 0 aliphatic heterocycles. The molecule has 1 aromatic carbocycles. The largest absolute Gasteiger partial charge is 0.391 e. The lowest BCUT2D eigenvalue weighted by Crippen LogP contribution is -2.34. The SMILES string of the molecule is CC(C)C(O)CNC(=O)c1ccc2c(c1)[nH]c(=O)n2C. The van der Waals surface area contributed by atoms with Crippen molar-refractivity contribution in [3.05, 3.63) is 34.2 Å². The van der Waals surface area contributed by atoms with Crippen molar-refractivity contribution in [3.8, 4) is 0 Å². The van der Waals surface area contributed by atoms with E-state index in [1.807, 2.05) is 13.8 Å². The van der Waals surface area contributed by atoms with Gasteiger partial charge in [0, 0.05) is 19.2 Å². The average Bonchev–Trinajstić information content (AvgIpc) is 2.70. The molecule has 0 bridgehead atoms. The quantitative estimate of drug-likeness (QED) is 0.765. The van der Waals surface area contributed by atoms with E-state index in [1.54, 1.807) is 25.2 Å². The highest BCUT2D eigenvalue weighted by Crippen LogP contribution is 2.12. The minimum atomic E-state index is -0.570. The Morgan fingerprint density at radius 3 is 2.80 bits per heavy atom. The number of nitrogens with one attached hydrogen (secondary N) is 2. The molecule has 1 heterocycles. The van der Waals surface area contributed by atoms with Crippen molar-refractivity contribution in [2.45, 2.75) is 20.0 Å². The smallest absolute Gasteiger partial charge is 0.326 e. The van der Waals surface area contributed by atoms with Crippen LogP contribution in [0.25, 0.3) is 11.0 Å². The Hall–Kier alpha value is -2.08. The summed E-state index contributed by atoms with van der Waals surface area (Å²) in [6, 6.07) is 5.02. The fourth-order valence-electron chi connectivity index (χ4n) is 1.91. The molecule has 20 heavy (non-hydrogen) atoms. The van der Waals surface area contributed by atoms with Crippen molar-refractivity contribution in [2.24, 2.45) is 13.0 Å². The summed E-state index contributed by atoms with van der Waals surface area (Å²) in [7, 11) is 1.67. The fraction of sp³-hybridized carbons (Fsp3) is 0.429. The summed E-state index contributed by atoms with van der Waals surface area (Å²) in [5.41, 5.74) is 1.60. The molecule has 0 spiro atoms. The van der Waals surface area contributed by atoms with Crippen LogP contribution in [0.3, 0.4) is 0 Å². The summed E-state index contributed by atoms with van der Waals surface area (Å²) in [6.07, 6.45) is -0.570. The third-order valence-electron chi connectivity index (χ3n) is 3.41. The van der Waals surface area contributed by atoms with E-state index >= 15 is 0 Å². The zero-order valence-corrected chi connectivity index (χ0v) is 11.8. The van der Waals surface area contributed by atoms with Gasteiger partial charge < -0.3 is 15.4 Å². The summed E-state index contributed by atoms with van der Waals surface area (Å²) in [4.78, 5) is 26.2.